The van der Waals surface area contributed by atoms with Crippen molar-refractivity contribution in [2.24, 2.45) is 4.99 Å². The van der Waals surface area contributed by atoms with Gasteiger partial charge in [0.15, 0.2) is 11.7 Å². The first-order valence-electron chi connectivity index (χ1n) is 8.56. The minimum atomic E-state index is 0.385. The molecule has 0 bridgehead atoms. The predicted octanol–water partition coefficient (Wildman–Crippen LogP) is 3.70. The SMILES string of the molecule is CCNC(=NCc1ncc(-c2ccccc2)o1)N(C)Cc1csc(C)n1. The van der Waals surface area contributed by atoms with E-state index in [0.717, 1.165) is 34.5 Å². The fourth-order valence-corrected chi connectivity index (χ4v) is 3.13. The summed E-state index contributed by atoms with van der Waals surface area (Å²) in [5.74, 6) is 2.15. The molecular formula is C19H23N5OS. The summed E-state index contributed by atoms with van der Waals surface area (Å²) in [6, 6.07) is 9.94. The van der Waals surface area contributed by atoms with Crippen molar-refractivity contribution < 1.29 is 4.42 Å². The number of guanidine groups is 1. The highest BCUT2D eigenvalue weighted by Gasteiger charge is 2.10. The van der Waals surface area contributed by atoms with Crippen LogP contribution in [0, 0.1) is 6.92 Å². The molecule has 26 heavy (non-hydrogen) atoms. The average molecular weight is 369 g/mol. The minimum absolute atomic E-state index is 0.385. The van der Waals surface area contributed by atoms with E-state index in [0.29, 0.717) is 19.0 Å². The van der Waals surface area contributed by atoms with Crippen molar-refractivity contribution in [1.82, 2.24) is 20.2 Å². The van der Waals surface area contributed by atoms with Gasteiger partial charge in [-0.05, 0) is 13.8 Å². The van der Waals surface area contributed by atoms with Gasteiger partial charge in [-0.1, -0.05) is 30.3 Å². The molecule has 1 N–H and O–H groups in total. The Morgan fingerprint density at radius 3 is 2.81 bits per heavy atom. The largest absolute Gasteiger partial charge is 0.439 e. The van der Waals surface area contributed by atoms with Crippen molar-refractivity contribution >= 4 is 17.3 Å². The highest BCUT2D eigenvalue weighted by atomic mass is 32.1. The predicted molar refractivity (Wildman–Crippen MR) is 105 cm³/mol. The normalized spacial score (nSPS) is 11.6. The van der Waals surface area contributed by atoms with Crippen LogP contribution in [0.15, 0.2) is 51.3 Å². The van der Waals surface area contributed by atoms with E-state index in [2.05, 4.69) is 37.5 Å². The van der Waals surface area contributed by atoms with Crippen LogP contribution in [0.4, 0.5) is 0 Å². The first-order chi connectivity index (χ1) is 12.7. The number of hydrogen-bond donors (Lipinski definition) is 1. The van der Waals surface area contributed by atoms with Gasteiger partial charge in [0.05, 0.1) is 23.4 Å². The van der Waals surface area contributed by atoms with Crippen LogP contribution in [0.3, 0.4) is 0 Å². The zero-order valence-electron chi connectivity index (χ0n) is 15.3. The quantitative estimate of drug-likeness (QED) is 0.530. The van der Waals surface area contributed by atoms with Crippen molar-refractivity contribution in [3.63, 3.8) is 0 Å². The zero-order chi connectivity index (χ0) is 18.4. The van der Waals surface area contributed by atoms with Gasteiger partial charge >= 0.3 is 0 Å². The lowest BCUT2D eigenvalue weighted by atomic mass is 10.2. The number of benzene rings is 1. The summed E-state index contributed by atoms with van der Waals surface area (Å²) in [5, 5.41) is 6.45. The second-order valence-electron chi connectivity index (χ2n) is 5.87. The maximum absolute atomic E-state index is 5.82. The molecule has 0 radical (unpaired) electrons. The van der Waals surface area contributed by atoms with Crippen LogP contribution in [-0.4, -0.2) is 34.4 Å². The van der Waals surface area contributed by atoms with Gasteiger partial charge in [-0.15, -0.1) is 11.3 Å². The Morgan fingerprint density at radius 2 is 2.12 bits per heavy atom. The van der Waals surface area contributed by atoms with Crippen molar-refractivity contribution in [3.05, 3.63) is 58.5 Å². The minimum Gasteiger partial charge on any atom is -0.439 e. The fraction of sp³-hybridized carbons (Fsp3) is 0.316. The number of aromatic nitrogens is 2. The molecule has 0 aliphatic rings. The molecule has 1 aromatic carbocycles. The van der Waals surface area contributed by atoms with Crippen LogP contribution < -0.4 is 5.32 Å². The molecule has 136 valence electrons. The molecule has 3 aromatic rings. The molecule has 2 heterocycles. The van der Waals surface area contributed by atoms with Gasteiger partial charge in [0.2, 0.25) is 5.89 Å². The second-order valence-corrected chi connectivity index (χ2v) is 6.93. The van der Waals surface area contributed by atoms with Gasteiger partial charge in [-0.2, -0.15) is 0 Å². The van der Waals surface area contributed by atoms with E-state index < -0.39 is 0 Å². The van der Waals surface area contributed by atoms with Crippen LogP contribution in [0.1, 0.15) is 23.5 Å². The maximum Gasteiger partial charge on any atom is 0.216 e. The number of hydrogen-bond acceptors (Lipinski definition) is 5. The number of thiazole rings is 1. The molecule has 0 atom stereocenters. The first kappa shape index (κ1) is 18.1. The van der Waals surface area contributed by atoms with Crippen LogP contribution in [0.25, 0.3) is 11.3 Å². The molecule has 0 amide bonds. The summed E-state index contributed by atoms with van der Waals surface area (Å²) >= 11 is 1.66. The molecule has 0 aliphatic carbocycles. The van der Waals surface area contributed by atoms with E-state index in [1.54, 1.807) is 17.5 Å². The molecular weight excluding hydrogens is 346 g/mol. The van der Waals surface area contributed by atoms with Gasteiger partial charge in [0, 0.05) is 24.5 Å². The number of nitrogens with one attached hydrogen (secondary N) is 1. The molecule has 0 spiro atoms. The molecule has 6 nitrogen and oxygen atoms in total. The van der Waals surface area contributed by atoms with E-state index in [9.17, 15) is 0 Å². The van der Waals surface area contributed by atoms with E-state index in [4.69, 9.17) is 4.42 Å². The molecule has 0 unspecified atom stereocenters. The molecule has 7 heteroatoms. The van der Waals surface area contributed by atoms with Crippen LogP contribution in [0.5, 0.6) is 0 Å². The number of nitrogens with zero attached hydrogens (tertiary/aromatic N) is 4. The molecule has 3 rings (SSSR count). The molecule has 2 aromatic heterocycles. The molecule has 0 saturated heterocycles. The third kappa shape index (κ3) is 4.70. The smallest absolute Gasteiger partial charge is 0.216 e. The lowest BCUT2D eigenvalue weighted by Gasteiger charge is -2.20. The van der Waals surface area contributed by atoms with Gasteiger partial charge in [-0.3, -0.25) is 0 Å². The number of oxazole rings is 1. The highest BCUT2D eigenvalue weighted by Crippen LogP contribution is 2.20. The lowest BCUT2D eigenvalue weighted by Crippen LogP contribution is -2.38. The molecule has 0 fully saturated rings. The summed E-state index contributed by atoms with van der Waals surface area (Å²) in [7, 11) is 2.00. The van der Waals surface area contributed by atoms with Gasteiger partial charge < -0.3 is 14.6 Å². The van der Waals surface area contributed by atoms with Crippen molar-refractivity contribution in [1.29, 1.82) is 0 Å². The third-order valence-corrected chi connectivity index (χ3v) is 4.56. The Labute approximate surface area is 157 Å². The molecule has 0 aliphatic heterocycles. The first-order valence-corrected chi connectivity index (χ1v) is 9.44. The summed E-state index contributed by atoms with van der Waals surface area (Å²) in [5.41, 5.74) is 2.06. The zero-order valence-corrected chi connectivity index (χ0v) is 16.1. The Morgan fingerprint density at radius 1 is 1.31 bits per heavy atom. The number of aliphatic imine (C=N–C) groups is 1. The standard InChI is InChI=1S/C19H23N5OS/c1-4-20-19(24(3)12-16-13-26-14(2)23-16)22-11-18-21-10-17(25-18)15-8-6-5-7-9-15/h5-10,13H,4,11-12H2,1-3H3,(H,20,22). The van der Waals surface area contributed by atoms with Crippen LogP contribution in [-0.2, 0) is 13.1 Å². The monoisotopic (exact) mass is 369 g/mol. The maximum atomic E-state index is 5.82. The van der Waals surface area contributed by atoms with E-state index in [-0.39, 0.29) is 0 Å². The summed E-state index contributed by atoms with van der Waals surface area (Å²) in [6.07, 6.45) is 1.74. The van der Waals surface area contributed by atoms with E-state index in [1.807, 2.05) is 44.3 Å². The Kier molecular flexibility index (Phi) is 6.01. The topological polar surface area (TPSA) is 66.6 Å². The highest BCUT2D eigenvalue weighted by molar-refractivity contribution is 7.09. The van der Waals surface area contributed by atoms with E-state index >= 15 is 0 Å². The summed E-state index contributed by atoms with van der Waals surface area (Å²) < 4.78 is 5.82. The van der Waals surface area contributed by atoms with Gasteiger partial charge in [0.25, 0.3) is 0 Å². The Hall–Kier alpha value is -2.67. The Bertz CT molecular complexity index is 856. The van der Waals surface area contributed by atoms with Crippen molar-refractivity contribution in [2.75, 3.05) is 13.6 Å². The van der Waals surface area contributed by atoms with Crippen LogP contribution >= 0.6 is 11.3 Å². The second kappa shape index (κ2) is 8.62. The van der Waals surface area contributed by atoms with Crippen LogP contribution in [0.2, 0.25) is 0 Å². The van der Waals surface area contributed by atoms with Gasteiger partial charge in [-0.25, -0.2) is 15.0 Å². The van der Waals surface area contributed by atoms with Crippen molar-refractivity contribution in [3.8, 4) is 11.3 Å². The Balaban J connectivity index is 1.68. The van der Waals surface area contributed by atoms with E-state index in [1.165, 1.54) is 0 Å². The summed E-state index contributed by atoms with van der Waals surface area (Å²) in [4.78, 5) is 15.6. The average Bonchev–Trinajstić information content (AvgIpc) is 3.28. The van der Waals surface area contributed by atoms with Crippen molar-refractivity contribution in [2.45, 2.75) is 26.9 Å². The van der Waals surface area contributed by atoms with Gasteiger partial charge in [0.1, 0.15) is 6.54 Å². The summed E-state index contributed by atoms with van der Waals surface area (Å²) in [6.45, 7) is 5.95. The third-order valence-electron chi connectivity index (χ3n) is 3.74. The lowest BCUT2D eigenvalue weighted by molar-refractivity contribution is 0.464. The number of aryl methyl sites for hydroxylation is 1. The molecule has 0 saturated carbocycles. The fourth-order valence-electron chi connectivity index (χ4n) is 2.53. The number of rotatable bonds is 6.